The molecule has 0 atom stereocenters. The molecule has 0 N–H and O–H groups in total. The first-order valence-corrected chi connectivity index (χ1v) is 11.5. The Labute approximate surface area is 201 Å². The lowest BCUT2D eigenvalue weighted by Gasteiger charge is -2.22. The van der Waals surface area contributed by atoms with Crippen molar-refractivity contribution in [2.45, 2.75) is 27.7 Å². The van der Waals surface area contributed by atoms with Crippen molar-refractivity contribution in [1.29, 1.82) is 0 Å². The summed E-state index contributed by atoms with van der Waals surface area (Å²) in [5.74, 6) is 0.440. The zero-order valence-electron chi connectivity index (χ0n) is 20.3. The molecule has 0 aliphatic carbocycles. The number of para-hydroxylation sites is 1. The molecule has 5 nitrogen and oxygen atoms in total. The summed E-state index contributed by atoms with van der Waals surface area (Å²) in [6.07, 6.45) is 0. The number of aryl methyl sites for hydroxylation is 2. The maximum atomic E-state index is 13.8. The highest BCUT2D eigenvalue weighted by Crippen LogP contribution is 2.37. The molecule has 1 aliphatic heterocycles. The molecule has 174 valence electrons. The molecular formula is C29H30N2O3. The highest BCUT2D eigenvalue weighted by molar-refractivity contribution is 6.46. The Morgan fingerprint density at radius 3 is 2.18 bits per heavy atom. The number of anilines is 2. The van der Waals surface area contributed by atoms with Crippen LogP contribution >= 0.6 is 0 Å². The fourth-order valence-corrected chi connectivity index (χ4v) is 4.14. The first-order valence-electron chi connectivity index (χ1n) is 11.5. The maximum absolute atomic E-state index is 13.8. The van der Waals surface area contributed by atoms with E-state index in [1.165, 1.54) is 4.90 Å². The van der Waals surface area contributed by atoms with Crippen LogP contribution in [-0.4, -0.2) is 25.5 Å². The first kappa shape index (κ1) is 23.3. The first-order chi connectivity index (χ1) is 16.3. The average molecular weight is 455 g/mol. The fraction of sp³-hybridized carbons (Fsp3) is 0.241. The Bertz CT molecular complexity index is 1240. The van der Waals surface area contributed by atoms with E-state index in [0.29, 0.717) is 35.2 Å². The Morgan fingerprint density at radius 2 is 1.56 bits per heavy atom. The highest BCUT2D eigenvalue weighted by atomic mass is 16.5. The van der Waals surface area contributed by atoms with Gasteiger partial charge in [-0.15, -0.1) is 0 Å². The number of ether oxygens (including phenoxy) is 1. The normalized spacial score (nSPS) is 13.8. The molecule has 3 aromatic rings. The molecule has 0 radical (unpaired) electrons. The lowest BCUT2D eigenvalue weighted by molar-refractivity contribution is -0.120. The summed E-state index contributed by atoms with van der Waals surface area (Å²) in [4.78, 5) is 30.6. The Hall–Kier alpha value is -3.86. The lowest BCUT2D eigenvalue weighted by Crippen LogP contribution is -2.34. The molecule has 0 saturated carbocycles. The van der Waals surface area contributed by atoms with Crippen molar-refractivity contribution in [2.75, 3.05) is 23.5 Å². The number of carbonyl (C=O) groups is 2. The Balaban J connectivity index is 1.78. The van der Waals surface area contributed by atoms with Crippen molar-refractivity contribution >= 4 is 28.8 Å². The maximum Gasteiger partial charge on any atom is 0.282 e. The second kappa shape index (κ2) is 9.56. The van der Waals surface area contributed by atoms with E-state index in [0.717, 1.165) is 22.4 Å². The molecule has 34 heavy (non-hydrogen) atoms. The van der Waals surface area contributed by atoms with Gasteiger partial charge in [-0.05, 0) is 67.3 Å². The van der Waals surface area contributed by atoms with E-state index in [1.807, 2.05) is 69.4 Å². The van der Waals surface area contributed by atoms with Gasteiger partial charge in [0.05, 0.1) is 17.9 Å². The molecule has 0 unspecified atom stereocenters. The lowest BCUT2D eigenvalue weighted by atomic mass is 9.97. The zero-order valence-corrected chi connectivity index (χ0v) is 20.3. The smallest absolute Gasteiger partial charge is 0.282 e. The van der Waals surface area contributed by atoms with Gasteiger partial charge in [-0.2, -0.15) is 0 Å². The van der Waals surface area contributed by atoms with Gasteiger partial charge in [-0.3, -0.25) is 9.59 Å². The standard InChI is InChI=1S/C29H30N2O3/c1-19(2)18-34-24-14-12-23(13-15-24)31-28(32)26(25-16-11-20(3)17-21(25)4)27(29(31)33)30(5)22-9-7-6-8-10-22/h6-17,19H,18H2,1-5H3. The average Bonchev–Trinajstić information content (AvgIpc) is 3.08. The molecule has 1 aliphatic rings. The number of rotatable bonds is 7. The number of hydrogen-bond acceptors (Lipinski definition) is 4. The van der Waals surface area contributed by atoms with Gasteiger partial charge >= 0.3 is 0 Å². The quantitative estimate of drug-likeness (QED) is 0.426. The van der Waals surface area contributed by atoms with Crippen molar-refractivity contribution in [3.05, 3.63) is 95.2 Å². The van der Waals surface area contributed by atoms with Gasteiger partial charge in [0.15, 0.2) is 0 Å². The van der Waals surface area contributed by atoms with Gasteiger partial charge in [0.25, 0.3) is 11.8 Å². The molecule has 0 bridgehead atoms. The van der Waals surface area contributed by atoms with Gasteiger partial charge in [0.1, 0.15) is 11.4 Å². The monoisotopic (exact) mass is 454 g/mol. The van der Waals surface area contributed by atoms with Crippen molar-refractivity contribution < 1.29 is 14.3 Å². The summed E-state index contributed by atoms with van der Waals surface area (Å²) in [6, 6.07) is 22.7. The van der Waals surface area contributed by atoms with Crippen LogP contribution in [-0.2, 0) is 9.59 Å². The van der Waals surface area contributed by atoms with Gasteiger partial charge in [-0.1, -0.05) is 55.8 Å². The topological polar surface area (TPSA) is 49.9 Å². The van der Waals surface area contributed by atoms with E-state index in [1.54, 1.807) is 29.2 Å². The fourth-order valence-electron chi connectivity index (χ4n) is 4.14. The summed E-state index contributed by atoms with van der Waals surface area (Å²) < 4.78 is 5.77. The SMILES string of the molecule is Cc1ccc(C2=C(N(C)c3ccccc3)C(=O)N(c3ccc(OCC(C)C)cc3)C2=O)c(C)c1. The van der Waals surface area contributed by atoms with Crippen LogP contribution in [0.3, 0.4) is 0 Å². The van der Waals surface area contributed by atoms with E-state index < -0.39 is 0 Å². The molecule has 2 amide bonds. The van der Waals surface area contributed by atoms with Crippen LogP contribution in [0.15, 0.2) is 78.5 Å². The largest absolute Gasteiger partial charge is 0.493 e. The van der Waals surface area contributed by atoms with Crippen molar-refractivity contribution in [3.63, 3.8) is 0 Å². The van der Waals surface area contributed by atoms with E-state index in [2.05, 4.69) is 13.8 Å². The minimum Gasteiger partial charge on any atom is -0.493 e. The van der Waals surface area contributed by atoms with Crippen LogP contribution in [0.1, 0.15) is 30.5 Å². The van der Waals surface area contributed by atoms with E-state index in [9.17, 15) is 9.59 Å². The van der Waals surface area contributed by atoms with Crippen molar-refractivity contribution in [1.82, 2.24) is 0 Å². The molecule has 5 heteroatoms. The minimum absolute atomic E-state index is 0.328. The third kappa shape index (κ3) is 4.46. The number of carbonyl (C=O) groups excluding carboxylic acids is 2. The Kier molecular flexibility index (Phi) is 6.55. The summed E-state index contributed by atoms with van der Waals surface area (Å²) >= 11 is 0. The number of amides is 2. The molecule has 3 aromatic carbocycles. The van der Waals surface area contributed by atoms with E-state index in [4.69, 9.17) is 4.74 Å². The number of imide groups is 1. The minimum atomic E-state index is -0.345. The summed E-state index contributed by atoms with van der Waals surface area (Å²) in [6.45, 7) is 8.75. The third-order valence-corrected chi connectivity index (χ3v) is 5.87. The van der Waals surface area contributed by atoms with Gasteiger partial charge in [-0.25, -0.2) is 4.90 Å². The Morgan fingerprint density at radius 1 is 0.882 bits per heavy atom. The van der Waals surface area contributed by atoms with Crippen molar-refractivity contribution in [2.24, 2.45) is 5.92 Å². The molecule has 0 fully saturated rings. The van der Waals surface area contributed by atoms with Crippen molar-refractivity contribution in [3.8, 4) is 5.75 Å². The molecule has 1 heterocycles. The molecule has 0 spiro atoms. The second-order valence-electron chi connectivity index (χ2n) is 9.08. The zero-order chi connectivity index (χ0) is 24.4. The summed E-state index contributed by atoms with van der Waals surface area (Å²) in [5, 5.41) is 0. The number of likely N-dealkylation sites (N-methyl/N-ethyl adjacent to an activating group) is 1. The van der Waals surface area contributed by atoms with Gasteiger partial charge in [0.2, 0.25) is 0 Å². The second-order valence-corrected chi connectivity index (χ2v) is 9.08. The van der Waals surface area contributed by atoms with Crippen LogP contribution in [0, 0.1) is 19.8 Å². The summed E-state index contributed by atoms with van der Waals surface area (Å²) in [7, 11) is 1.83. The van der Waals surface area contributed by atoms with Crippen LogP contribution < -0.4 is 14.5 Å². The van der Waals surface area contributed by atoms with Crippen LogP contribution in [0.4, 0.5) is 11.4 Å². The predicted octanol–water partition coefficient (Wildman–Crippen LogP) is 5.76. The molecule has 4 rings (SSSR count). The van der Waals surface area contributed by atoms with Gasteiger partial charge in [0, 0.05) is 12.7 Å². The van der Waals surface area contributed by atoms with Crippen LogP contribution in [0.5, 0.6) is 5.75 Å². The number of benzene rings is 3. The molecular weight excluding hydrogens is 424 g/mol. The number of nitrogens with zero attached hydrogens (tertiary/aromatic N) is 2. The van der Waals surface area contributed by atoms with E-state index >= 15 is 0 Å². The molecule has 0 aromatic heterocycles. The van der Waals surface area contributed by atoms with Gasteiger partial charge < -0.3 is 9.64 Å². The highest BCUT2D eigenvalue weighted by Gasteiger charge is 2.42. The summed E-state index contributed by atoms with van der Waals surface area (Å²) in [5.41, 5.74) is 4.95. The number of hydrogen-bond donors (Lipinski definition) is 0. The molecule has 0 saturated heterocycles. The van der Waals surface area contributed by atoms with Crippen LogP contribution in [0.2, 0.25) is 0 Å². The third-order valence-electron chi connectivity index (χ3n) is 5.87. The predicted molar refractivity (Wildman–Crippen MR) is 137 cm³/mol. The van der Waals surface area contributed by atoms with Crippen LogP contribution in [0.25, 0.3) is 5.57 Å². The van der Waals surface area contributed by atoms with E-state index in [-0.39, 0.29) is 11.8 Å².